The number of likely N-dealkylation sites (N-methyl/N-ethyl adjacent to an activating group) is 1. The number of alkyl halides is 2. The van der Waals surface area contributed by atoms with Gasteiger partial charge < -0.3 is 14.5 Å². The van der Waals surface area contributed by atoms with Crippen molar-refractivity contribution in [1.29, 1.82) is 0 Å². The van der Waals surface area contributed by atoms with Crippen LogP contribution < -0.4 is 0 Å². The summed E-state index contributed by atoms with van der Waals surface area (Å²) in [7, 11) is 3.88. The van der Waals surface area contributed by atoms with E-state index in [0.29, 0.717) is 25.4 Å². The highest BCUT2D eigenvalue weighted by Gasteiger charge is 2.38. The average molecular weight is 377 g/mol. The fraction of sp³-hybridized carbons (Fsp3) is 0.450. The van der Waals surface area contributed by atoms with Crippen LogP contribution in [0.2, 0.25) is 0 Å². The van der Waals surface area contributed by atoms with Gasteiger partial charge in [0.05, 0.1) is 18.8 Å². The number of morpholine rings is 1. The summed E-state index contributed by atoms with van der Waals surface area (Å²) in [5.74, 6) is -0.399. The average Bonchev–Trinajstić information content (AvgIpc) is 3.03. The van der Waals surface area contributed by atoms with Crippen molar-refractivity contribution in [2.75, 3.05) is 33.8 Å². The Balaban J connectivity index is 2.00. The molecule has 0 bridgehead atoms. The van der Waals surface area contributed by atoms with Crippen LogP contribution in [0.25, 0.3) is 0 Å². The standard InChI is InChI=1S/C20H25F2N3O2/c1-14-9-10-16(25(14)20(21)22)19(26)24-11-12-27-17(13-23(2)3)18(24)15-7-5-4-6-8-15/h4-10,17-18,20H,11-13H2,1-3H3/t17-,18-/m0/s1. The van der Waals surface area contributed by atoms with E-state index in [2.05, 4.69) is 0 Å². The maximum absolute atomic E-state index is 13.5. The Morgan fingerprint density at radius 3 is 2.56 bits per heavy atom. The zero-order valence-corrected chi connectivity index (χ0v) is 15.8. The number of rotatable bonds is 5. The van der Waals surface area contributed by atoms with Gasteiger partial charge in [0.15, 0.2) is 0 Å². The zero-order chi connectivity index (χ0) is 19.6. The van der Waals surface area contributed by atoms with Gasteiger partial charge in [0.1, 0.15) is 5.69 Å². The maximum atomic E-state index is 13.5. The van der Waals surface area contributed by atoms with E-state index in [0.717, 1.165) is 10.1 Å². The molecule has 1 aliphatic rings. The summed E-state index contributed by atoms with van der Waals surface area (Å²) in [5.41, 5.74) is 1.31. The van der Waals surface area contributed by atoms with E-state index in [-0.39, 0.29) is 17.8 Å². The number of carbonyl (C=O) groups excluding carboxylic acids is 1. The van der Waals surface area contributed by atoms with E-state index in [9.17, 15) is 13.6 Å². The van der Waals surface area contributed by atoms with E-state index in [1.807, 2.05) is 49.3 Å². The molecular weight excluding hydrogens is 352 g/mol. The summed E-state index contributed by atoms with van der Waals surface area (Å²) in [4.78, 5) is 16.9. The van der Waals surface area contributed by atoms with E-state index < -0.39 is 12.5 Å². The van der Waals surface area contributed by atoms with Crippen LogP contribution in [0, 0.1) is 6.92 Å². The Kier molecular flexibility index (Phi) is 5.92. The molecule has 3 rings (SSSR count). The van der Waals surface area contributed by atoms with Crippen LogP contribution >= 0.6 is 0 Å². The lowest BCUT2D eigenvalue weighted by Crippen LogP contribution is -2.51. The molecule has 7 heteroatoms. The highest BCUT2D eigenvalue weighted by atomic mass is 19.3. The maximum Gasteiger partial charge on any atom is 0.319 e. The molecule has 0 N–H and O–H groups in total. The summed E-state index contributed by atoms with van der Waals surface area (Å²) in [6.45, 7) is 0.176. The lowest BCUT2D eigenvalue weighted by Gasteiger charge is -2.42. The molecule has 2 aromatic rings. The first-order valence-corrected chi connectivity index (χ1v) is 8.98. The molecule has 5 nitrogen and oxygen atoms in total. The molecule has 0 radical (unpaired) electrons. The van der Waals surface area contributed by atoms with Gasteiger partial charge in [0, 0.05) is 18.8 Å². The molecule has 1 aliphatic heterocycles. The van der Waals surface area contributed by atoms with Crippen LogP contribution in [0.5, 0.6) is 0 Å². The van der Waals surface area contributed by atoms with Gasteiger partial charge >= 0.3 is 6.55 Å². The van der Waals surface area contributed by atoms with Crippen LogP contribution in [-0.2, 0) is 4.74 Å². The third kappa shape index (κ3) is 4.04. The van der Waals surface area contributed by atoms with Crippen LogP contribution in [0.1, 0.15) is 34.3 Å². The topological polar surface area (TPSA) is 37.7 Å². The smallest absolute Gasteiger partial charge is 0.319 e. The Morgan fingerprint density at radius 2 is 1.93 bits per heavy atom. The number of aromatic nitrogens is 1. The fourth-order valence-electron chi connectivity index (χ4n) is 3.65. The first kappa shape index (κ1) is 19.5. The van der Waals surface area contributed by atoms with E-state index in [4.69, 9.17) is 4.74 Å². The minimum atomic E-state index is -2.76. The number of amides is 1. The molecule has 146 valence electrons. The second kappa shape index (κ2) is 8.19. The third-order valence-electron chi connectivity index (χ3n) is 4.84. The largest absolute Gasteiger partial charge is 0.373 e. The van der Waals surface area contributed by atoms with Crippen molar-refractivity contribution in [3.8, 4) is 0 Å². The van der Waals surface area contributed by atoms with Crippen LogP contribution in [0.15, 0.2) is 42.5 Å². The quantitative estimate of drug-likeness (QED) is 0.802. The summed E-state index contributed by atoms with van der Waals surface area (Å²) in [6.07, 6.45) is -0.240. The van der Waals surface area contributed by atoms with Crippen molar-refractivity contribution in [2.24, 2.45) is 0 Å². The Hall–Kier alpha value is -2.25. The van der Waals surface area contributed by atoms with Crippen molar-refractivity contribution in [2.45, 2.75) is 25.6 Å². The van der Waals surface area contributed by atoms with Crippen LogP contribution in [-0.4, -0.2) is 60.2 Å². The predicted octanol–water partition coefficient (Wildman–Crippen LogP) is 3.34. The number of hydrogen-bond donors (Lipinski definition) is 0. The van der Waals surface area contributed by atoms with Gasteiger partial charge in [0.25, 0.3) is 5.91 Å². The lowest BCUT2D eigenvalue weighted by atomic mass is 9.97. The minimum absolute atomic E-state index is 0.00827. The first-order valence-electron chi connectivity index (χ1n) is 8.98. The second-order valence-corrected chi connectivity index (χ2v) is 7.03. The molecule has 1 fully saturated rings. The van der Waals surface area contributed by atoms with Crippen molar-refractivity contribution in [1.82, 2.24) is 14.4 Å². The van der Waals surface area contributed by atoms with Gasteiger partial charge in [-0.3, -0.25) is 9.36 Å². The molecule has 27 heavy (non-hydrogen) atoms. The lowest BCUT2D eigenvalue weighted by molar-refractivity contribution is -0.0690. The molecule has 0 unspecified atom stereocenters. The van der Waals surface area contributed by atoms with Crippen LogP contribution in [0.4, 0.5) is 8.78 Å². The van der Waals surface area contributed by atoms with Gasteiger partial charge in [-0.1, -0.05) is 30.3 Å². The Labute approximate surface area is 158 Å². The van der Waals surface area contributed by atoms with Gasteiger partial charge in [-0.25, -0.2) is 0 Å². The highest BCUT2D eigenvalue weighted by molar-refractivity contribution is 5.93. The molecular formula is C20H25F2N3O2. The van der Waals surface area contributed by atoms with E-state index in [1.54, 1.807) is 17.9 Å². The molecule has 2 atom stereocenters. The number of nitrogens with zero attached hydrogens (tertiary/aromatic N) is 3. The summed E-state index contributed by atoms with van der Waals surface area (Å²) < 4.78 is 33.7. The summed E-state index contributed by atoms with van der Waals surface area (Å²) in [6, 6.07) is 12.3. The van der Waals surface area contributed by atoms with Gasteiger partial charge in [-0.05, 0) is 38.7 Å². The molecule has 0 saturated carbocycles. The highest BCUT2D eigenvalue weighted by Crippen LogP contribution is 2.32. The SMILES string of the molecule is Cc1ccc(C(=O)N2CCO[C@@H](CN(C)C)[C@@H]2c2ccccc2)n1C(F)F. The monoisotopic (exact) mass is 377 g/mol. The minimum Gasteiger partial charge on any atom is -0.373 e. The predicted molar refractivity (Wildman–Crippen MR) is 98.9 cm³/mol. The van der Waals surface area contributed by atoms with Crippen LogP contribution in [0.3, 0.4) is 0 Å². The Bertz CT molecular complexity index is 777. The number of ether oxygens (including phenoxy) is 1. The van der Waals surface area contributed by atoms with Gasteiger partial charge in [-0.2, -0.15) is 8.78 Å². The van der Waals surface area contributed by atoms with Gasteiger partial charge in [0.2, 0.25) is 0 Å². The normalized spacial score (nSPS) is 20.5. The van der Waals surface area contributed by atoms with Crippen molar-refractivity contribution in [3.63, 3.8) is 0 Å². The molecule has 2 heterocycles. The van der Waals surface area contributed by atoms with Crippen molar-refractivity contribution < 1.29 is 18.3 Å². The number of benzene rings is 1. The van der Waals surface area contributed by atoms with E-state index >= 15 is 0 Å². The molecule has 0 aliphatic carbocycles. The first-order chi connectivity index (χ1) is 12.9. The summed E-state index contributed by atoms with van der Waals surface area (Å²) >= 11 is 0. The number of aryl methyl sites for hydroxylation is 1. The molecule has 1 saturated heterocycles. The molecule has 1 amide bonds. The summed E-state index contributed by atoms with van der Waals surface area (Å²) in [5, 5.41) is 0. The molecule has 1 aromatic carbocycles. The molecule has 1 aromatic heterocycles. The zero-order valence-electron chi connectivity index (χ0n) is 15.8. The number of hydrogen-bond acceptors (Lipinski definition) is 3. The van der Waals surface area contributed by atoms with Gasteiger partial charge in [-0.15, -0.1) is 0 Å². The van der Waals surface area contributed by atoms with Crippen molar-refractivity contribution in [3.05, 3.63) is 59.4 Å². The van der Waals surface area contributed by atoms with E-state index in [1.165, 1.54) is 6.07 Å². The third-order valence-corrected chi connectivity index (χ3v) is 4.84. The Morgan fingerprint density at radius 1 is 1.22 bits per heavy atom. The number of halogens is 2. The van der Waals surface area contributed by atoms with Crippen molar-refractivity contribution >= 4 is 5.91 Å². The number of carbonyl (C=O) groups is 1. The second-order valence-electron chi connectivity index (χ2n) is 7.03. The molecule has 0 spiro atoms. The fourth-order valence-corrected chi connectivity index (χ4v) is 3.65.